The van der Waals surface area contributed by atoms with E-state index in [0.29, 0.717) is 17.8 Å². The van der Waals surface area contributed by atoms with Gasteiger partial charge in [0, 0.05) is 13.1 Å². The molecule has 0 aromatic carbocycles. The first-order valence-electron chi connectivity index (χ1n) is 7.81. The SMILES string of the molecule is CC1CCC(N(C)C(=O)CSc2nnnn2C2CC2)CC1. The predicted molar refractivity (Wildman–Crippen MR) is 81.0 cm³/mol. The molecule has 2 saturated carbocycles. The molecule has 2 fully saturated rings. The summed E-state index contributed by atoms with van der Waals surface area (Å²) >= 11 is 1.46. The van der Waals surface area contributed by atoms with Gasteiger partial charge < -0.3 is 4.90 Å². The lowest BCUT2D eigenvalue weighted by molar-refractivity contribution is -0.129. The first kappa shape index (κ1) is 14.8. The fourth-order valence-electron chi connectivity index (χ4n) is 2.89. The van der Waals surface area contributed by atoms with Crippen molar-refractivity contribution in [2.45, 2.75) is 62.7 Å². The van der Waals surface area contributed by atoms with Crippen molar-refractivity contribution >= 4 is 17.7 Å². The Balaban J connectivity index is 1.50. The van der Waals surface area contributed by atoms with Crippen LogP contribution in [-0.4, -0.2) is 49.9 Å². The monoisotopic (exact) mass is 309 g/mol. The number of thioether (sulfide) groups is 1. The summed E-state index contributed by atoms with van der Waals surface area (Å²) in [5, 5.41) is 12.5. The molecular formula is C14H23N5OS. The summed E-state index contributed by atoms with van der Waals surface area (Å²) < 4.78 is 1.86. The van der Waals surface area contributed by atoms with Crippen LogP contribution < -0.4 is 0 Å². The van der Waals surface area contributed by atoms with Crippen LogP contribution in [0.3, 0.4) is 0 Å². The van der Waals surface area contributed by atoms with Gasteiger partial charge >= 0.3 is 0 Å². The summed E-state index contributed by atoms with van der Waals surface area (Å²) in [6.07, 6.45) is 7.02. The Bertz CT molecular complexity index is 493. The van der Waals surface area contributed by atoms with E-state index in [1.165, 1.54) is 24.6 Å². The van der Waals surface area contributed by atoms with Crippen molar-refractivity contribution in [2.24, 2.45) is 5.92 Å². The van der Waals surface area contributed by atoms with Crippen molar-refractivity contribution < 1.29 is 4.79 Å². The number of amides is 1. The van der Waals surface area contributed by atoms with Crippen LogP contribution >= 0.6 is 11.8 Å². The minimum atomic E-state index is 0.185. The maximum Gasteiger partial charge on any atom is 0.233 e. The average Bonchev–Trinajstić information content (AvgIpc) is 3.23. The number of aromatic nitrogens is 4. The summed E-state index contributed by atoms with van der Waals surface area (Å²) in [5.74, 6) is 1.42. The third-order valence-electron chi connectivity index (χ3n) is 4.61. The van der Waals surface area contributed by atoms with Crippen molar-refractivity contribution in [1.29, 1.82) is 0 Å². The van der Waals surface area contributed by atoms with Gasteiger partial charge in [-0.15, -0.1) is 5.10 Å². The van der Waals surface area contributed by atoms with E-state index < -0.39 is 0 Å². The molecular weight excluding hydrogens is 286 g/mol. The molecule has 1 aromatic rings. The molecule has 7 heteroatoms. The molecule has 2 aliphatic rings. The van der Waals surface area contributed by atoms with Crippen molar-refractivity contribution in [3.8, 4) is 0 Å². The second-order valence-electron chi connectivity index (χ2n) is 6.34. The van der Waals surface area contributed by atoms with Crippen LogP contribution in [0.5, 0.6) is 0 Å². The Morgan fingerprint density at radius 3 is 2.67 bits per heavy atom. The second kappa shape index (κ2) is 6.34. The Kier molecular flexibility index (Phi) is 4.47. The molecule has 0 saturated heterocycles. The molecule has 0 radical (unpaired) electrons. The molecule has 1 aromatic heterocycles. The first-order valence-corrected chi connectivity index (χ1v) is 8.80. The minimum Gasteiger partial charge on any atom is -0.342 e. The Hall–Kier alpha value is -1.11. The van der Waals surface area contributed by atoms with Crippen molar-refractivity contribution in [3.63, 3.8) is 0 Å². The van der Waals surface area contributed by atoms with Gasteiger partial charge in [0.1, 0.15) is 0 Å². The van der Waals surface area contributed by atoms with Gasteiger partial charge in [0.15, 0.2) is 0 Å². The van der Waals surface area contributed by atoms with Crippen LogP contribution in [0.15, 0.2) is 5.16 Å². The summed E-state index contributed by atoms with van der Waals surface area (Å²) in [5.41, 5.74) is 0. The van der Waals surface area contributed by atoms with Crippen LogP contribution in [0.2, 0.25) is 0 Å². The van der Waals surface area contributed by atoms with Crippen LogP contribution in [0.1, 0.15) is 51.5 Å². The number of hydrogen-bond donors (Lipinski definition) is 0. The second-order valence-corrected chi connectivity index (χ2v) is 7.29. The third-order valence-corrected chi connectivity index (χ3v) is 5.52. The van der Waals surface area contributed by atoms with Gasteiger partial charge in [0.25, 0.3) is 0 Å². The van der Waals surface area contributed by atoms with E-state index in [9.17, 15) is 4.79 Å². The van der Waals surface area contributed by atoms with E-state index in [1.807, 2.05) is 16.6 Å². The normalized spacial score (nSPS) is 25.8. The number of carbonyl (C=O) groups is 1. The first-order chi connectivity index (χ1) is 10.1. The maximum atomic E-state index is 12.3. The van der Waals surface area contributed by atoms with E-state index in [0.717, 1.165) is 36.8 Å². The van der Waals surface area contributed by atoms with E-state index >= 15 is 0 Å². The number of nitrogens with zero attached hydrogens (tertiary/aromatic N) is 5. The summed E-state index contributed by atoms with van der Waals surface area (Å²) in [4.78, 5) is 14.3. The topological polar surface area (TPSA) is 63.9 Å². The molecule has 0 spiro atoms. The van der Waals surface area contributed by atoms with Gasteiger partial charge in [-0.05, 0) is 54.9 Å². The molecule has 21 heavy (non-hydrogen) atoms. The zero-order valence-electron chi connectivity index (χ0n) is 12.7. The van der Waals surface area contributed by atoms with Gasteiger partial charge in [-0.25, -0.2) is 4.68 Å². The molecule has 0 aliphatic heterocycles. The van der Waals surface area contributed by atoms with E-state index in [1.54, 1.807) is 0 Å². The smallest absolute Gasteiger partial charge is 0.233 e. The lowest BCUT2D eigenvalue weighted by Crippen LogP contribution is -2.40. The maximum absolute atomic E-state index is 12.3. The average molecular weight is 309 g/mol. The third kappa shape index (κ3) is 3.56. The highest BCUT2D eigenvalue weighted by atomic mass is 32.2. The number of hydrogen-bond acceptors (Lipinski definition) is 5. The molecule has 1 amide bonds. The molecule has 2 aliphatic carbocycles. The molecule has 0 bridgehead atoms. The van der Waals surface area contributed by atoms with Crippen LogP contribution in [-0.2, 0) is 4.79 Å². The zero-order chi connectivity index (χ0) is 14.8. The molecule has 0 unspecified atom stereocenters. The number of tetrazole rings is 1. The fourth-order valence-corrected chi connectivity index (χ4v) is 3.76. The lowest BCUT2D eigenvalue weighted by Gasteiger charge is -2.33. The van der Waals surface area contributed by atoms with E-state index in [4.69, 9.17) is 0 Å². The standard InChI is InChI=1S/C14H23N5OS/c1-10-3-5-11(6-4-10)18(2)13(20)9-21-14-15-16-17-19(14)12-7-8-12/h10-12H,3-9H2,1-2H3. The minimum absolute atomic E-state index is 0.185. The Labute approximate surface area is 129 Å². The largest absolute Gasteiger partial charge is 0.342 e. The highest BCUT2D eigenvalue weighted by Gasteiger charge is 2.29. The van der Waals surface area contributed by atoms with Crippen molar-refractivity contribution in [3.05, 3.63) is 0 Å². The van der Waals surface area contributed by atoms with Gasteiger partial charge in [0.05, 0.1) is 11.8 Å². The summed E-state index contributed by atoms with van der Waals surface area (Å²) in [7, 11) is 1.94. The summed E-state index contributed by atoms with van der Waals surface area (Å²) in [6.45, 7) is 2.30. The molecule has 6 nitrogen and oxygen atoms in total. The molecule has 3 rings (SSSR count). The number of rotatable bonds is 5. The quantitative estimate of drug-likeness (QED) is 0.780. The van der Waals surface area contributed by atoms with Crippen molar-refractivity contribution in [1.82, 2.24) is 25.1 Å². The van der Waals surface area contributed by atoms with E-state index in [2.05, 4.69) is 22.4 Å². The van der Waals surface area contributed by atoms with Crippen LogP contribution in [0.4, 0.5) is 0 Å². The Morgan fingerprint density at radius 2 is 2.00 bits per heavy atom. The summed E-state index contributed by atoms with van der Waals surface area (Å²) in [6, 6.07) is 0.865. The Morgan fingerprint density at radius 1 is 1.29 bits per heavy atom. The van der Waals surface area contributed by atoms with Gasteiger partial charge in [0.2, 0.25) is 11.1 Å². The predicted octanol–water partition coefficient (Wildman–Crippen LogP) is 2.14. The van der Waals surface area contributed by atoms with E-state index in [-0.39, 0.29) is 5.91 Å². The fraction of sp³-hybridized carbons (Fsp3) is 0.857. The molecule has 0 N–H and O–H groups in total. The number of carbonyl (C=O) groups excluding carboxylic acids is 1. The highest BCUT2D eigenvalue weighted by molar-refractivity contribution is 7.99. The molecule has 1 heterocycles. The van der Waals surface area contributed by atoms with Gasteiger partial charge in [-0.1, -0.05) is 18.7 Å². The van der Waals surface area contributed by atoms with Crippen molar-refractivity contribution in [2.75, 3.05) is 12.8 Å². The lowest BCUT2D eigenvalue weighted by atomic mass is 9.87. The molecule has 116 valence electrons. The molecule has 0 atom stereocenters. The van der Waals surface area contributed by atoms with Gasteiger partial charge in [-0.3, -0.25) is 4.79 Å². The van der Waals surface area contributed by atoms with Crippen LogP contribution in [0.25, 0.3) is 0 Å². The zero-order valence-corrected chi connectivity index (χ0v) is 13.6. The van der Waals surface area contributed by atoms with Gasteiger partial charge in [-0.2, -0.15) is 0 Å². The van der Waals surface area contributed by atoms with Crippen LogP contribution in [0, 0.1) is 5.92 Å². The highest BCUT2D eigenvalue weighted by Crippen LogP contribution is 2.36.